The van der Waals surface area contributed by atoms with Crippen LogP contribution in [0.4, 0.5) is 0 Å². The van der Waals surface area contributed by atoms with Crippen LogP contribution in [-0.2, 0) is 0 Å². The van der Waals surface area contributed by atoms with Gasteiger partial charge >= 0.3 is 0 Å². The van der Waals surface area contributed by atoms with Gasteiger partial charge in [-0.1, -0.05) is 32.3 Å². The molecule has 0 heterocycles. The molecule has 96 valence electrons. The summed E-state index contributed by atoms with van der Waals surface area (Å²) in [6.07, 6.45) is 6.06. The smallest absolute Gasteiger partial charge is 0.123 e. The van der Waals surface area contributed by atoms with E-state index in [1.807, 2.05) is 6.07 Å². The van der Waals surface area contributed by atoms with Crippen molar-refractivity contribution in [1.82, 2.24) is 0 Å². The van der Waals surface area contributed by atoms with Gasteiger partial charge in [-0.15, -0.1) is 0 Å². The number of ether oxygens (including phenoxy) is 1. The van der Waals surface area contributed by atoms with Gasteiger partial charge in [-0.05, 0) is 38.8 Å². The van der Waals surface area contributed by atoms with Gasteiger partial charge in [0.1, 0.15) is 17.1 Å². The predicted octanol–water partition coefficient (Wildman–Crippen LogP) is 4.52. The molecule has 2 heteroatoms. The molecular weight excluding hydrogens is 212 g/mol. The van der Waals surface area contributed by atoms with Crippen LogP contribution in [0.5, 0.6) is 11.5 Å². The molecule has 0 saturated carbocycles. The van der Waals surface area contributed by atoms with Gasteiger partial charge in [-0.3, -0.25) is 0 Å². The highest BCUT2D eigenvalue weighted by molar-refractivity contribution is 5.32. The number of benzene rings is 1. The number of phenolic OH excluding ortho intramolecular Hbond substituents is 1. The number of aromatic hydroxyl groups is 1. The predicted molar refractivity (Wildman–Crippen MR) is 71.6 cm³/mol. The third-order valence-corrected chi connectivity index (χ3v) is 2.84. The van der Waals surface area contributed by atoms with E-state index < -0.39 is 0 Å². The molecule has 0 aliphatic rings. The maximum atomic E-state index is 9.38. The Labute approximate surface area is 105 Å². The molecule has 0 fully saturated rings. The molecule has 0 bridgehead atoms. The lowest BCUT2D eigenvalue weighted by Gasteiger charge is -2.26. The van der Waals surface area contributed by atoms with Crippen molar-refractivity contribution in [3.8, 4) is 11.5 Å². The van der Waals surface area contributed by atoms with E-state index in [4.69, 9.17) is 4.74 Å². The first-order valence-electron chi connectivity index (χ1n) is 6.51. The molecule has 1 rings (SSSR count). The fourth-order valence-corrected chi connectivity index (χ4v) is 1.89. The first-order valence-corrected chi connectivity index (χ1v) is 6.51. The maximum Gasteiger partial charge on any atom is 0.123 e. The summed E-state index contributed by atoms with van der Waals surface area (Å²) in [6.45, 7) is 6.42. The zero-order valence-corrected chi connectivity index (χ0v) is 11.2. The SMILES string of the molecule is CCCCCCC(C)(C)Oc1cccc(O)c1. The molecule has 0 saturated heterocycles. The highest BCUT2D eigenvalue weighted by atomic mass is 16.5. The summed E-state index contributed by atoms with van der Waals surface area (Å²) in [5, 5.41) is 9.38. The molecule has 17 heavy (non-hydrogen) atoms. The Hall–Kier alpha value is -1.18. The van der Waals surface area contributed by atoms with Crippen molar-refractivity contribution in [2.45, 2.75) is 58.5 Å². The van der Waals surface area contributed by atoms with Crippen molar-refractivity contribution in [3.63, 3.8) is 0 Å². The minimum absolute atomic E-state index is 0.165. The molecular formula is C15H24O2. The standard InChI is InChI=1S/C15H24O2/c1-4-5-6-7-11-15(2,3)17-14-10-8-9-13(16)12-14/h8-10,12,16H,4-7,11H2,1-3H3. The molecule has 0 aliphatic carbocycles. The van der Waals surface area contributed by atoms with E-state index in [2.05, 4.69) is 20.8 Å². The molecule has 0 amide bonds. The lowest BCUT2D eigenvalue weighted by Crippen LogP contribution is -2.27. The summed E-state index contributed by atoms with van der Waals surface area (Å²) >= 11 is 0. The van der Waals surface area contributed by atoms with Gasteiger partial charge in [0.05, 0.1) is 0 Å². The molecule has 1 aromatic rings. The third kappa shape index (κ3) is 5.62. The van der Waals surface area contributed by atoms with Crippen molar-refractivity contribution in [2.75, 3.05) is 0 Å². The van der Waals surface area contributed by atoms with Gasteiger partial charge in [0.2, 0.25) is 0 Å². The van der Waals surface area contributed by atoms with E-state index in [1.54, 1.807) is 18.2 Å². The van der Waals surface area contributed by atoms with Crippen molar-refractivity contribution in [2.24, 2.45) is 0 Å². The van der Waals surface area contributed by atoms with Crippen molar-refractivity contribution >= 4 is 0 Å². The van der Waals surface area contributed by atoms with Gasteiger partial charge in [-0.2, -0.15) is 0 Å². The number of hydrogen-bond acceptors (Lipinski definition) is 2. The Kier molecular flexibility index (Phi) is 5.33. The van der Waals surface area contributed by atoms with Crippen LogP contribution in [-0.4, -0.2) is 10.7 Å². The fraction of sp³-hybridized carbons (Fsp3) is 0.600. The molecule has 0 spiro atoms. The van der Waals surface area contributed by atoms with Gasteiger partial charge in [0.15, 0.2) is 0 Å². The first-order chi connectivity index (χ1) is 8.03. The minimum atomic E-state index is -0.165. The number of phenols is 1. The number of hydrogen-bond donors (Lipinski definition) is 1. The van der Waals surface area contributed by atoms with E-state index >= 15 is 0 Å². The van der Waals surface area contributed by atoms with Crippen molar-refractivity contribution < 1.29 is 9.84 Å². The molecule has 0 radical (unpaired) electrons. The van der Waals surface area contributed by atoms with Crippen molar-refractivity contribution in [1.29, 1.82) is 0 Å². The maximum absolute atomic E-state index is 9.38. The second-order valence-corrected chi connectivity index (χ2v) is 5.17. The molecule has 2 nitrogen and oxygen atoms in total. The average molecular weight is 236 g/mol. The lowest BCUT2D eigenvalue weighted by atomic mass is 10.00. The van der Waals surface area contributed by atoms with E-state index in [9.17, 15) is 5.11 Å². The quantitative estimate of drug-likeness (QED) is 0.705. The second kappa shape index (κ2) is 6.53. The summed E-state index contributed by atoms with van der Waals surface area (Å²) in [7, 11) is 0. The molecule has 0 unspecified atom stereocenters. The number of unbranched alkanes of at least 4 members (excludes halogenated alkanes) is 3. The second-order valence-electron chi connectivity index (χ2n) is 5.17. The highest BCUT2D eigenvalue weighted by Crippen LogP contribution is 2.25. The Morgan fingerprint density at radius 2 is 1.94 bits per heavy atom. The summed E-state index contributed by atoms with van der Waals surface area (Å²) in [6, 6.07) is 7.00. The molecule has 0 aliphatic heterocycles. The number of rotatable bonds is 7. The Balaban J connectivity index is 2.42. The minimum Gasteiger partial charge on any atom is -0.508 e. The Bertz CT molecular complexity index is 331. The topological polar surface area (TPSA) is 29.5 Å². The molecule has 0 atom stereocenters. The van der Waals surface area contributed by atoms with Crippen LogP contribution in [0.1, 0.15) is 52.9 Å². The van der Waals surface area contributed by atoms with Crippen LogP contribution < -0.4 is 4.74 Å². The highest BCUT2D eigenvalue weighted by Gasteiger charge is 2.19. The van der Waals surface area contributed by atoms with Crippen LogP contribution in [0.25, 0.3) is 0 Å². The van der Waals surface area contributed by atoms with E-state index in [0.29, 0.717) is 0 Å². The molecule has 1 aromatic carbocycles. The Morgan fingerprint density at radius 3 is 2.59 bits per heavy atom. The molecule has 0 aromatic heterocycles. The third-order valence-electron chi connectivity index (χ3n) is 2.84. The summed E-state index contributed by atoms with van der Waals surface area (Å²) in [4.78, 5) is 0. The first kappa shape index (κ1) is 13.9. The van der Waals surface area contributed by atoms with E-state index in [0.717, 1.165) is 12.2 Å². The largest absolute Gasteiger partial charge is 0.508 e. The van der Waals surface area contributed by atoms with E-state index in [1.165, 1.54) is 25.7 Å². The van der Waals surface area contributed by atoms with Crippen LogP contribution >= 0.6 is 0 Å². The lowest BCUT2D eigenvalue weighted by molar-refractivity contribution is 0.0958. The van der Waals surface area contributed by atoms with Gasteiger partial charge in [0, 0.05) is 6.07 Å². The van der Waals surface area contributed by atoms with Crippen LogP contribution in [0.3, 0.4) is 0 Å². The van der Waals surface area contributed by atoms with Crippen LogP contribution in [0.15, 0.2) is 24.3 Å². The van der Waals surface area contributed by atoms with Crippen LogP contribution in [0.2, 0.25) is 0 Å². The Morgan fingerprint density at radius 1 is 1.18 bits per heavy atom. The van der Waals surface area contributed by atoms with Gasteiger partial charge < -0.3 is 9.84 Å². The normalized spacial score (nSPS) is 11.5. The van der Waals surface area contributed by atoms with Crippen LogP contribution in [0, 0.1) is 0 Å². The van der Waals surface area contributed by atoms with Gasteiger partial charge in [-0.25, -0.2) is 0 Å². The average Bonchev–Trinajstić information content (AvgIpc) is 2.24. The summed E-state index contributed by atoms with van der Waals surface area (Å²) in [5.41, 5.74) is -0.165. The van der Waals surface area contributed by atoms with E-state index in [-0.39, 0.29) is 11.4 Å². The fourth-order valence-electron chi connectivity index (χ4n) is 1.89. The monoisotopic (exact) mass is 236 g/mol. The zero-order chi connectivity index (χ0) is 12.7. The zero-order valence-electron chi connectivity index (χ0n) is 11.2. The van der Waals surface area contributed by atoms with Gasteiger partial charge in [0.25, 0.3) is 0 Å². The molecule has 1 N–H and O–H groups in total. The summed E-state index contributed by atoms with van der Waals surface area (Å²) in [5.74, 6) is 0.995. The van der Waals surface area contributed by atoms with Crippen molar-refractivity contribution in [3.05, 3.63) is 24.3 Å². The summed E-state index contributed by atoms with van der Waals surface area (Å²) < 4.78 is 5.90.